The molecule has 1 saturated heterocycles. The van der Waals surface area contributed by atoms with Crippen molar-refractivity contribution in [3.05, 3.63) is 0 Å². The predicted molar refractivity (Wildman–Crippen MR) is 70.1 cm³/mol. The molecule has 0 unspecified atom stereocenters. The number of hydrogen-bond donors (Lipinski definition) is 1. The maximum Gasteiger partial charge on any atom is 0.417 e. The molecule has 0 aromatic heterocycles. The first-order valence-corrected chi connectivity index (χ1v) is 6.35. The molecular weight excluding hydrogens is 266 g/mol. The average molecular weight is 287 g/mol. The molecule has 1 aliphatic heterocycles. The Labute approximate surface area is 117 Å². The molecule has 0 spiro atoms. The van der Waals surface area contributed by atoms with Crippen LogP contribution in [0.2, 0.25) is 0 Å². The normalized spacial score (nSPS) is 18.1. The van der Waals surface area contributed by atoms with Crippen molar-refractivity contribution in [3.63, 3.8) is 0 Å². The molecule has 1 N–H and O–H groups in total. The molecule has 20 heavy (non-hydrogen) atoms. The lowest BCUT2D eigenvalue weighted by atomic mass is 10.2. The van der Waals surface area contributed by atoms with E-state index in [0.29, 0.717) is 11.3 Å². The summed E-state index contributed by atoms with van der Waals surface area (Å²) in [6.45, 7) is 6.77. The molecule has 0 radical (unpaired) electrons. The summed E-state index contributed by atoms with van der Waals surface area (Å²) in [5.74, 6) is -1.68. The minimum atomic E-state index is -1.18. The van der Waals surface area contributed by atoms with Crippen LogP contribution in [0, 0.1) is 0 Å². The number of aliphatic carboxylic acids is 1. The lowest BCUT2D eigenvalue weighted by molar-refractivity contribution is -0.145. The van der Waals surface area contributed by atoms with Gasteiger partial charge in [-0.15, -0.1) is 0 Å². The highest BCUT2D eigenvalue weighted by Crippen LogP contribution is 2.22. The van der Waals surface area contributed by atoms with Crippen LogP contribution in [0.4, 0.5) is 4.79 Å². The molecule has 0 aliphatic carbocycles. The molecule has 7 nitrogen and oxygen atoms in total. The van der Waals surface area contributed by atoms with E-state index in [2.05, 4.69) is 0 Å². The topological polar surface area (TPSA) is 101 Å². The Hall–Kier alpha value is -1.92. The lowest BCUT2D eigenvalue weighted by Crippen LogP contribution is -2.45. The van der Waals surface area contributed by atoms with Crippen LogP contribution in [-0.2, 0) is 19.1 Å². The van der Waals surface area contributed by atoms with Crippen LogP contribution in [-0.4, -0.2) is 45.9 Å². The highest BCUT2D eigenvalue weighted by molar-refractivity contribution is 5.99. The van der Waals surface area contributed by atoms with Gasteiger partial charge in [-0.1, -0.05) is 6.92 Å². The molecule has 0 saturated carbocycles. The van der Waals surface area contributed by atoms with Crippen molar-refractivity contribution in [1.82, 2.24) is 4.90 Å². The molecule has 0 bridgehead atoms. The fraction of sp³-hybridized carbons (Fsp3) is 0.692. The molecule has 1 heterocycles. The Balaban J connectivity index is 0.000000796. The molecule has 1 atom stereocenters. The van der Waals surface area contributed by atoms with Crippen molar-refractivity contribution in [1.29, 1.82) is 0 Å². The average Bonchev–Trinajstić information content (AvgIpc) is 2.69. The van der Waals surface area contributed by atoms with E-state index in [1.165, 1.54) is 0 Å². The summed E-state index contributed by atoms with van der Waals surface area (Å²) < 4.78 is 4.98. The van der Waals surface area contributed by atoms with Gasteiger partial charge < -0.3 is 14.6 Å². The fourth-order valence-corrected chi connectivity index (χ4v) is 1.46. The quantitative estimate of drug-likeness (QED) is 0.774. The zero-order valence-electron chi connectivity index (χ0n) is 12.2. The van der Waals surface area contributed by atoms with Crippen molar-refractivity contribution in [2.24, 2.45) is 0 Å². The van der Waals surface area contributed by atoms with Crippen molar-refractivity contribution in [2.45, 2.75) is 58.6 Å². The number of amides is 2. The number of aldehydes is 1. The molecule has 114 valence electrons. The first kappa shape index (κ1) is 18.1. The van der Waals surface area contributed by atoms with E-state index in [1.807, 2.05) is 6.92 Å². The molecule has 7 heteroatoms. The maximum absolute atomic E-state index is 11.6. The van der Waals surface area contributed by atoms with Crippen LogP contribution in [0.3, 0.4) is 0 Å². The number of carboxylic acid groups (broad SMARTS) is 1. The molecule has 1 rings (SSSR count). The van der Waals surface area contributed by atoms with Crippen LogP contribution < -0.4 is 0 Å². The molecule has 1 fully saturated rings. The zero-order valence-corrected chi connectivity index (χ0v) is 12.2. The van der Waals surface area contributed by atoms with E-state index >= 15 is 0 Å². The van der Waals surface area contributed by atoms with Gasteiger partial charge in [0, 0.05) is 12.8 Å². The molecular formula is C13H21NO6. The van der Waals surface area contributed by atoms with Gasteiger partial charge in [-0.3, -0.25) is 4.79 Å². The molecule has 2 amide bonds. The molecule has 0 aromatic rings. The summed E-state index contributed by atoms with van der Waals surface area (Å²) in [5.41, 5.74) is -0.747. The zero-order chi connectivity index (χ0) is 15.9. The van der Waals surface area contributed by atoms with Gasteiger partial charge in [-0.2, -0.15) is 0 Å². The third kappa shape index (κ3) is 5.81. The third-order valence-electron chi connectivity index (χ3n) is 2.25. The van der Waals surface area contributed by atoms with Crippen molar-refractivity contribution < 1.29 is 29.0 Å². The summed E-state index contributed by atoms with van der Waals surface area (Å²) in [6.07, 6.45) is 0.839. The second kappa shape index (κ2) is 7.62. The van der Waals surface area contributed by atoms with E-state index in [-0.39, 0.29) is 12.8 Å². The number of ether oxygens (including phenoxy) is 1. The Morgan fingerprint density at radius 2 is 1.95 bits per heavy atom. The van der Waals surface area contributed by atoms with E-state index < -0.39 is 29.6 Å². The van der Waals surface area contributed by atoms with Gasteiger partial charge in [0.2, 0.25) is 5.91 Å². The predicted octanol–water partition coefficient (Wildman–Crippen LogP) is 1.59. The number of carbonyl (C=O) groups excluding carboxylic acids is 3. The van der Waals surface area contributed by atoms with Crippen molar-refractivity contribution in [2.75, 3.05) is 0 Å². The van der Waals surface area contributed by atoms with Crippen LogP contribution in [0.15, 0.2) is 0 Å². The Morgan fingerprint density at radius 3 is 2.30 bits per heavy atom. The van der Waals surface area contributed by atoms with E-state index in [1.54, 1.807) is 20.8 Å². The van der Waals surface area contributed by atoms with Gasteiger partial charge in [0.25, 0.3) is 0 Å². The standard InChI is InChI=1S/C10H15NO5.C3H6O/c1-10(2,3)16-9(15)11-6(8(13)14)4-5-7(11)12;1-2-3-4/h6H,4-5H2,1-3H3,(H,13,14);3H,2H2,1H3/t6-;/m0./s1. The monoisotopic (exact) mass is 287 g/mol. The Kier molecular flexibility index (Phi) is 6.89. The van der Waals surface area contributed by atoms with Crippen LogP contribution >= 0.6 is 0 Å². The van der Waals surface area contributed by atoms with Crippen LogP contribution in [0.25, 0.3) is 0 Å². The van der Waals surface area contributed by atoms with Gasteiger partial charge in [-0.05, 0) is 27.2 Å². The fourth-order valence-electron chi connectivity index (χ4n) is 1.46. The SMILES string of the molecule is CC(C)(C)OC(=O)N1C(=O)CC[C@H]1C(=O)O.CCC=O. The van der Waals surface area contributed by atoms with Crippen molar-refractivity contribution >= 4 is 24.3 Å². The first-order valence-electron chi connectivity index (χ1n) is 6.35. The van der Waals surface area contributed by atoms with Gasteiger partial charge in [0.05, 0.1) is 0 Å². The summed E-state index contributed by atoms with van der Waals surface area (Å²) in [7, 11) is 0. The lowest BCUT2D eigenvalue weighted by Gasteiger charge is -2.25. The number of rotatable bonds is 2. The van der Waals surface area contributed by atoms with Gasteiger partial charge in [0.15, 0.2) is 0 Å². The summed E-state index contributed by atoms with van der Waals surface area (Å²) in [6, 6.07) is -1.10. The second-order valence-electron chi connectivity index (χ2n) is 5.21. The molecule has 1 aliphatic rings. The number of likely N-dealkylation sites (tertiary alicyclic amines) is 1. The molecule has 0 aromatic carbocycles. The second-order valence-corrected chi connectivity index (χ2v) is 5.21. The highest BCUT2D eigenvalue weighted by Gasteiger charge is 2.42. The van der Waals surface area contributed by atoms with E-state index in [0.717, 1.165) is 6.29 Å². The van der Waals surface area contributed by atoms with Gasteiger partial charge >= 0.3 is 12.1 Å². The van der Waals surface area contributed by atoms with Crippen molar-refractivity contribution in [3.8, 4) is 0 Å². The number of imide groups is 1. The highest BCUT2D eigenvalue weighted by atomic mass is 16.6. The third-order valence-corrected chi connectivity index (χ3v) is 2.25. The largest absolute Gasteiger partial charge is 0.480 e. The minimum absolute atomic E-state index is 0.0657. The summed E-state index contributed by atoms with van der Waals surface area (Å²) in [4.78, 5) is 43.7. The summed E-state index contributed by atoms with van der Waals surface area (Å²) in [5, 5.41) is 8.85. The van der Waals surface area contributed by atoms with E-state index in [4.69, 9.17) is 9.84 Å². The van der Waals surface area contributed by atoms with Gasteiger partial charge in [0.1, 0.15) is 17.9 Å². The Bertz CT molecular complexity index is 385. The van der Waals surface area contributed by atoms with Crippen LogP contribution in [0.5, 0.6) is 0 Å². The summed E-state index contributed by atoms with van der Waals surface area (Å²) >= 11 is 0. The number of hydrogen-bond acceptors (Lipinski definition) is 5. The minimum Gasteiger partial charge on any atom is -0.480 e. The number of carboxylic acids is 1. The Morgan fingerprint density at radius 1 is 1.45 bits per heavy atom. The number of nitrogens with zero attached hydrogens (tertiary/aromatic N) is 1. The van der Waals surface area contributed by atoms with E-state index in [9.17, 15) is 19.2 Å². The first-order chi connectivity index (χ1) is 9.14. The van der Waals surface area contributed by atoms with Crippen LogP contribution in [0.1, 0.15) is 47.0 Å². The smallest absolute Gasteiger partial charge is 0.417 e. The van der Waals surface area contributed by atoms with Gasteiger partial charge in [-0.25, -0.2) is 14.5 Å². The maximum atomic E-state index is 11.6. The number of carbonyl (C=O) groups is 4.